The molecule has 2 unspecified atom stereocenters. The lowest BCUT2D eigenvalue weighted by Gasteiger charge is -2.22. The van der Waals surface area contributed by atoms with E-state index in [9.17, 15) is 4.79 Å². The number of rotatable bonds is 3. The van der Waals surface area contributed by atoms with Crippen molar-refractivity contribution < 1.29 is 33.2 Å². The predicted molar refractivity (Wildman–Crippen MR) is 64.9 cm³/mol. The van der Waals surface area contributed by atoms with Crippen molar-refractivity contribution in [3.05, 3.63) is 12.7 Å². The first-order valence-electron chi connectivity index (χ1n) is 6.57. The quantitative estimate of drug-likeness (QED) is 0.565. The molecule has 0 N–H and O–H groups in total. The van der Waals surface area contributed by atoms with Crippen molar-refractivity contribution in [1.82, 2.24) is 0 Å². The van der Waals surface area contributed by atoms with E-state index >= 15 is 0 Å². The topological polar surface area (TPSA) is 72.5 Å². The van der Waals surface area contributed by atoms with Gasteiger partial charge in [0.2, 0.25) is 0 Å². The van der Waals surface area contributed by atoms with Gasteiger partial charge in [-0.05, 0) is 13.8 Å². The van der Waals surface area contributed by atoms with Gasteiger partial charge in [-0.15, -0.1) is 0 Å². The normalized spacial score (nSPS) is 41.0. The summed E-state index contributed by atoms with van der Waals surface area (Å²) in [4.78, 5) is 11.4. The molecule has 0 spiro atoms. The molecule has 3 fully saturated rings. The molecule has 3 aliphatic heterocycles. The van der Waals surface area contributed by atoms with E-state index in [0.717, 1.165) is 0 Å². The third-order valence-electron chi connectivity index (χ3n) is 3.41. The molecule has 0 bridgehead atoms. The van der Waals surface area contributed by atoms with Gasteiger partial charge in [0.25, 0.3) is 0 Å². The number of hydrogen-bond donors (Lipinski definition) is 0. The lowest BCUT2D eigenvalue weighted by molar-refractivity contribution is -0.215. The Morgan fingerprint density at radius 3 is 2.90 bits per heavy atom. The Labute approximate surface area is 116 Å². The molecule has 7 nitrogen and oxygen atoms in total. The number of hydrogen-bond acceptors (Lipinski definition) is 7. The van der Waals surface area contributed by atoms with Crippen LogP contribution in [0.2, 0.25) is 0 Å². The van der Waals surface area contributed by atoms with E-state index < -0.39 is 30.4 Å². The molecule has 0 aliphatic carbocycles. The Hall–Kier alpha value is -1.15. The maximum absolute atomic E-state index is 11.4. The van der Waals surface area contributed by atoms with Crippen LogP contribution in [0.3, 0.4) is 0 Å². The van der Waals surface area contributed by atoms with E-state index in [1.165, 1.54) is 6.08 Å². The van der Waals surface area contributed by atoms with E-state index in [2.05, 4.69) is 6.58 Å². The van der Waals surface area contributed by atoms with Gasteiger partial charge in [0.1, 0.15) is 24.9 Å². The van der Waals surface area contributed by atoms with Crippen LogP contribution in [-0.2, 0) is 28.4 Å². The molecule has 5 atom stereocenters. The van der Waals surface area contributed by atoms with Crippen LogP contribution in [0.1, 0.15) is 13.8 Å². The van der Waals surface area contributed by atoms with E-state index in [0.29, 0.717) is 0 Å². The fourth-order valence-corrected chi connectivity index (χ4v) is 2.68. The minimum Gasteiger partial charge on any atom is -0.430 e. The molecule has 3 heterocycles. The van der Waals surface area contributed by atoms with Crippen LogP contribution in [-0.4, -0.2) is 55.9 Å². The molecule has 0 radical (unpaired) electrons. The van der Waals surface area contributed by atoms with Crippen LogP contribution in [0.5, 0.6) is 0 Å². The lowest BCUT2D eigenvalue weighted by atomic mass is 10.1. The highest BCUT2D eigenvalue weighted by Crippen LogP contribution is 2.42. The van der Waals surface area contributed by atoms with Gasteiger partial charge in [-0.2, -0.15) is 0 Å². The van der Waals surface area contributed by atoms with Gasteiger partial charge in [0.15, 0.2) is 18.2 Å². The largest absolute Gasteiger partial charge is 0.509 e. The summed E-state index contributed by atoms with van der Waals surface area (Å²) in [5.41, 5.74) is 0. The Kier molecular flexibility index (Phi) is 3.45. The second-order valence-electron chi connectivity index (χ2n) is 5.37. The van der Waals surface area contributed by atoms with Gasteiger partial charge in [-0.25, -0.2) is 4.79 Å². The fraction of sp³-hybridized carbons (Fsp3) is 0.769. The summed E-state index contributed by atoms with van der Waals surface area (Å²) in [5, 5.41) is 0. The fourth-order valence-electron chi connectivity index (χ4n) is 2.68. The molecule has 0 amide bonds. The van der Waals surface area contributed by atoms with Crippen LogP contribution in [0.15, 0.2) is 12.7 Å². The summed E-state index contributed by atoms with van der Waals surface area (Å²) >= 11 is 0. The van der Waals surface area contributed by atoms with Crippen LogP contribution >= 0.6 is 0 Å². The van der Waals surface area contributed by atoms with Crippen molar-refractivity contribution >= 4 is 6.16 Å². The molecule has 0 saturated carbocycles. The highest BCUT2D eigenvalue weighted by Gasteiger charge is 2.60. The van der Waals surface area contributed by atoms with Gasteiger partial charge in [-0.1, -0.05) is 12.7 Å². The first-order chi connectivity index (χ1) is 9.50. The molecular formula is C13H18O7. The van der Waals surface area contributed by atoms with Gasteiger partial charge in [0, 0.05) is 0 Å². The van der Waals surface area contributed by atoms with Gasteiger partial charge < -0.3 is 28.4 Å². The highest BCUT2D eigenvalue weighted by molar-refractivity contribution is 5.60. The van der Waals surface area contributed by atoms with Crippen LogP contribution in [0.4, 0.5) is 4.79 Å². The van der Waals surface area contributed by atoms with E-state index in [-0.39, 0.29) is 25.4 Å². The maximum Gasteiger partial charge on any atom is 0.509 e. The second-order valence-corrected chi connectivity index (χ2v) is 5.37. The Morgan fingerprint density at radius 1 is 1.35 bits per heavy atom. The maximum atomic E-state index is 11.4. The lowest BCUT2D eigenvalue weighted by Crippen LogP contribution is -2.37. The predicted octanol–water partition coefficient (Wildman–Crippen LogP) is 0.969. The van der Waals surface area contributed by atoms with E-state index in [1.54, 1.807) is 0 Å². The molecule has 0 aromatic heterocycles. The third-order valence-corrected chi connectivity index (χ3v) is 3.41. The van der Waals surface area contributed by atoms with E-state index in [4.69, 9.17) is 28.4 Å². The van der Waals surface area contributed by atoms with Crippen molar-refractivity contribution in [3.63, 3.8) is 0 Å². The molecule has 3 rings (SSSR count). The van der Waals surface area contributed by atoms with Crippen molar-refractivity contribution in [3.8, 4) is 0 Å². The first kappa shape index (κ1) is 13.8. The van der Waals surface area contributed by atoms with Gasteiger partial charge in [-0.3, -0.25) is 0 Å². The van der Waals surface area contributed by atoms with Crippen molar-refractivity contribution in [2.75, 3.05) is 13.2 Å². The standard InChI is InChI=1S/C13H18O7/c1-4-5-15-12(14)17-7-6-16-9-8(7)18-11-10(9)19-13(2,3)20-11/h4,7-11H,1,5-6H2,2-3H3/t7-,8?,9?,10-,11-/m1/s1. The zero-order chi connectivity index (χ0) is 14.3. The molecule has 3 aliphatic rings. The highest BCUT2D eigenvalue weighted by atomic mass is 16.9. The summed E-state index contributed by atoms with van der Waals surface area (Å²) in [6, 6.07) is 0. The molecular weight excluding hydrogens is 268 g/mol. The Bertz CT molecular complexity index is 408. The molecule has 7 heteroatoms. The second kappa shape index (κ2) is 5.00. The number of fused-ring (bicyclic) bond motifs is 3. The summed E-state index contributed by atoms with van der Waals surface area (Å²) in [7, 11) is 0. The monoisotopic (exact) mass is 286 g/mol. The van der Waals surface area contributed by atoms with Crippen molar-refractivity contribution in [2.45, 2.75) is 50.3 Å². The zero-order valence-electron chi connectivity index (χ0n) is 11.4. The molecule has 0 aromatic carbocycles. The summed E-state index contributed by atoms with van der Waals surface area (Å²) in [6.45, 7) is 7.45. The number of carbonyl (C=O) groups excluding carboxylic acids is 1. The van der Waals surface area contributed by atoms with E-state index in [1.807, 2.05) is 13.8 Å². The Balaban J connectivity index is 1.58. The van der Waals surface area contributed by atoms with Gasteiger partial charge >= 0.3 is 6.16 Å². The summed E-state index contributed by atoms with van der Waals surface area (Å²) < 4.78 is 32.7. The number of carbonyl (C=O) groups is 1. The van der Waals surface area contributed by atoms with Gasteiger partial charge in [0.05, 0.1) is 6.61 Å². The average Bonchev–Trinajstić information content (AvgIpc) is 2.97. The SMILES string of the molecule is C=CCOC(=O)O[C@@H]1COC2C1O[C@@H]1OC(C)(C)O[C@H]21. The first-order valence-corrected chi connectivity index (χ1v) is 6.57. The molecule has 0 aromatic rings. The number of ether oxygens (including phenoxy) is 6. The minimum atomic E-state index is -0.762. The zero-order valence-corrected chi connectivity index (χ0v) is 11.4. The molecule has 112 valence electrons. The molecule has 3 saturated heterocycles. The molecule has 20 heavy (non-hydrogen) atoms. The van der Waals surface area contributed by atoms with Crippen molar-refractivity contribution in [2.24, 2.45) is 0 Å². The van der Waals surface area contributed by atoms with Crippen LogP contribution < -0.4 is 0 Å². The minimum absolute atomic E-state index is 0.104. The van der Waals surface area contributed by atoms with Crippen LogP contribution in [0.25, 0.3) is 0 Å². The summed E-state index contributed by atoms with van der Waals surface area (Å²) in [5.74, 6) is -0.689. The Morgan fingerprint density at radius 2 is 2.15 bits per heavy atom. The third kappa shape index (κ3) is 2.42. The average molecular weight is 286 g/mol. The smallest absolute Gasteiger partial charge is 0.430 e. The van der Waals surface area contributed by atoms with Crippen molar-refractivity contribution in [1.29, 1.82) is 0 Å². The summed E-state index contributed by atoms with van der Waals surface area (Å²) in [6.07, 6.45) is -1.28. The van der Waals surface area contributed by atoms with Crippen LogP contribution in [0, 0.1) is 0 Å².